The highest BCUT2D eigenvalue weighted by Crippen LogP contribution is 2.22. The molecule has 1 saturated heterocycles. The van der Waals surface area contributed by atoms with E-state index in [1.807, 2.05) is 48.5 Å². The molecule has 0 N–H and O–H groups in total. The van der Waals surface area contributed by atoms with Gasteiger partial charge in [0.05, 0.1) is 6.54 Å². The molecule has 1 aromatic heterocycles. The van der Waals surface area contributed by atoms with Gasteiger partial charge >= 0.3 is 6.09 Å². The Balaban J connectivity index is 1.91. The normalized spacial score (nSPS) is 20.3. The maximum Gasteiger partial charge on any atom is 0.410 e. The third-order valence-corrected chi connectivity index (χ3v) is 3.81. The topological polar surface area (TPSA) is 71.7 Å². The molecule has 0 aromatic carbocycles. The lowest BCUT2D eigenvalue weighted by atomic mass is 9.97. The van der Waals surface area contributed by atoms with E-state index in [-0.39, 0.29) is 17.6 Å². The van der Waals surface area contributed by atoms with Crippen LogP contribution in [0.15, 0.2) is 4.42 Å². The Morgan fingerprint density at radius 3 is 2.38 bits per heavy atom. The molecule has 1 unspecified atom stereocenters. The summed E-state index contributed by atoms with van der Waals surface area (Å²) in [6.07, 6.45) is -0.248. The molecule has 7 nitrogen and oxygen atoms in total. The summed E-state index contributed by atoms with van der Waals surface area (Å²) in [5, 5.41) is 8.27. The zero-order valence-corrected chi connectivity index (χ0v) is 15.9. The number of aromatic nitrogens is 2. The van der Waals surface area contributed by atoms with E-state index in [0.29, 0.717) is 24.9 Å². The van der Waals surface area contributed by atoms with Gasteiger partial charge in [0, 0.05) is 31.1 Å². The zero-order valence-electron chi connectivity index (χ0n) is 15.9. The second-order valence-corrected chi connectivity index (χ2v) is 8.51. The van der Waals surface area contributed by atoms with Gasteiger partial charge < -0.3 is 14.1 Å². The van der Waals surface area contributed by atoms with Crippen molar-refractivity contribution < 1.29 is 13.9 Å². The van der Waals surface area contributed by atoms with Crippen molar-refractivity contribution in [3.8, 4) is 0 Å². The average molecular weight is 338 g/mol. The Bertz CT molecular complexity index is 571. The largest absolute Gasteiger partial charge is 0.444 e. The number of carbonyl (C=O) groups is 1. The van der Waals surface area contributed by atoms with Gasteiger partial charge in [-0.1, -0.05) is 20.8 Å². The molecule has 1 atom stereocenters. The van der Waals surface area contributed by atoms with Crippen molar-refractivity contribution in [2.45, 2.75) is 72.1 Å². The molecule has 0 spiro atoms. The van der Waals surface area contributed by atoms with Gasteiger partial charge in [0.15, 0.2) is 0 Å². The predicted octanol–water partition coefficient (Wildman–Crippen LogP) is 2.81. The number of hydrogen-bond donors (Lipinski definition) is 0. The van der Waals surface area contributed by atoms with Gasteiger partial charge in [0.25, 0.3) is 0 Å². The van der Waals surface area contributed by atoms with Crippen LogP contribution in [0.5, 0.6) is 0 Å². The molecule has 1 amide bonds. The van der Waals surface area contributed by atoms with Gasteiger partial charge in [-0.25, -0.2) is 4.79 Å². The zero-order chi connectivity index (χ0) is 18.1. The Labute approximate surface area is 144 Å². The number of nitrogens with zero attached hydrogens (tertiary/aromatic N) is 4. The van der Waals surface area contributed by atoms with Crippen LogP contribution in [-0.4, -0.2) is 57.4 Å². The molecule has 0 saturated carbocycles. The van der Waals surface area contributed by atoms with Crippen LogP contribution in [0.4, 0.5) is 4.79 Å². The highest BCUT2D eigenvalue weighted by molar-refractivity contribution is 5.68. The van der Waals surface area contributed by atoms with E-state index in [2.05, 4.69) is 15.1 Å². The Morgan fingerprint density at radius 2 is 1.88 bits per heavy atom. The summed E-state index contributed by atoms with van der Waals surface area (Å²) in [6, 6.07) is 0.0820. The van der Waals surface area contributed by atoms with Crippen molar-refractivity contribution in [2.75, 3.05) is 19.6 Å². The minimum absolute atomic E-state index is 0.0820. The number of piperazine rings is 1. The second kappa shape index (κ2) is 6.70. The van der Waals surface area contributed by atoms with Crippen molar-refractivity contribution in [2.24, 2.45) is 0 Å². The van der Waals surface area contributed by atoms with Gasteiger partial charge in [-0.2, -0.15) is 0 Å². The number of amides is 1. The fraction of sp³-hybridized carbons (Fsp3) is 0.824. The minimum Gasteiger partial charge on any atom is -0.444 e. The SMILES string of the molecule is CC1CN(Cc2nnc(C(C)(C)C)o2)CCN1C(=O)OC(C)(C)C. The molecule has 7 heteroatoms. The standard InChI is InChI=1S/C17H30N4O3/c1-12-10-20(8-9-21(12)15(22)24-17(5,6)7)11-13-18-19-14(23-13)16(2,3)4/h12H,8-11H2,1-7H3. The Hall–Kier alpha value is -1.63. The molecule has 24 heavy (non-hydrogen) atoms. The fourth-order valence-corrected chi connectivity index (χ4v) is 2.58. The van der Waals surface area contributed by atoms with Gasteiger partial charge in [-0.05, 0) is 27.7 Å². The van der Waals surface area contributed by atoms with E-state index >= 15 is 0 Å². The highest BCUT2D eigenvalue weighted by Gasteiger charge is 2.31. The van der Waals surface area contributed by atoms with Crippen molar-refractivity contribution in [3.05, 3.63) is 11.8 Å². The van der Waals surface area contributed by atoms with Gasteiger partial charge in [-0.3, -0.25) is 4.90 Å². The maximum absolute atomic E-state index is 12.2. The second-order valence-electron chi connectivity index (χ2n) is 8.51. The minimum atomic E-state index is -0.471. The lowest BCUT2D eigenvalue weighted by molar-refractivity contribution is -0.000332. The van der Waals surface area contributed by atoms with Gasteiger partial charge in [-0.15, -0.1) is 10.2 Å². The first-order valence-electron chi connectivity index (χ1n) is 8.50. The molecule has 1 aliphatic heterocycles. The molecule has 1 aromatic rings. The monoisotopic (exact) mass is 338 g/mol. The van der Waals surface area contributed by atoms with E-state index < -0.39 is 5.60 Å². The van der Waals surface area contributed by atoms with Crippen LogP contribution in [-0.2, 0) is 16.7 Å². The van der Waals surface area contributed by atoms with E-state index in [9.17, 15) is 4.79 Å². The molecule has 2 heterocycles. The molecule has 2 rings (SSSR count). The molecular formula is C17H30N4O3. The third kappa shape index (κ3) is 4.93. The molecule has 1 fully saturated rings. The smallest absolute Gasteiger partial charge is 0.410 e. The summed E-state index contributed by atoms with van der Waals surface area (Å²) < 4.78 is 11.2. The van der Waals surface area contributed by atoms with Crippen LogP contribution in [0.2, 0.25) is 0 Å². The Morgan fingerprint density at radius 1 is 1.21 bits per heavy atom. The maximum atomic E-state index is 12.2. The Kier molecular flexibility index (Phi) is 5.22. The highest BCUT2D eigenvalue weighted by atomic mass is 16.6. The lowest BCUT2D eigenvalue weighted by Gasteiger charge is -2.39. The number of hydrogen-bond acceptors (Lipinski definition) is 6. The van der Waals surface area contributed by atoms with Crippen LogP contribution in [0.3, 0.4) is 0 Å². The van der Waals surface area contributed by atoms with Crippen LogP contribution >= 0.6 is 0 Å². The van der Waals surface area contributed by atoms with Crippen molar-refractivity contribution >= 4 is 6.09 Å². The lowest BCUT2D eigenvalue weighted by Crippen LogP contribution is -2.54. The van der Waals surface area contributed by atoms with Crippen molar-refractivity contribution in [1.82, 2.24) is 20.0 Å². The number of ether oxygens (including phenoxy) is 1. The molecule has 1 aliphatic rings. The first-order valence-corrected chi connectivity index (χ1v) is 8.50. The quantitative estimate of drug-likeness (QED) is 0.826. The van der Waals surface area contributed by atoms with Crippen molar-refractivity contribution in [3.63, 3.8) is 0 Å². The number of rotatable bonds is 2. The van der Waals surface area contributed by atoms with E-state index in [1.165, 1.54) is 0 Å². The van der Waals surface area contributed by atoms with Crippen LogP contribution in [0.25, 0.3) is 0 Å². The first kappa shape index (κ1) is 18.7. The molecule has 0 bridgehead atoms. The van der Waals surface area contributed by atoms with Crippen molar-refractivity contribution in [1.29, 1.82) is 0 Å². The van der Waals surface area contributed by atoms with Gasteiger partial charge in [0.2, 0.25) is 11.8 Å². The van der Waals surface area contributed by atoms with Crippen LogP contribution in [0.1, 0.15) is 60.2 Å². The predicted molar refractivity (Wildman–Crippen MR) is 90.7 cm³/mol. The summed E-state index contributed by atoms with van der Waals surface area (Å²) in [7, 11) is 0. The van der Waals surface area contributed by atoms with Crippen LogP contribution < -0.4 is 0 Å². The van der Waals surface area contributed by atoms with E-state index in [1.54, 1.807) is 4.90 Å². The summed E-state index contributed by atoms with van der Waals surface area (Å²) in [5.74, 6) is 1.27. The summed E-state index contributed by atoms with van der Waals surface area (Å²) in [6.45, 7) is 16.6. The first-order chi connectivity index (χ1) is 11.0. The third-order valence-electron chi connectivity index (χ3n) is 3.81. The number of carbonyl (C=O) groups excluding carboxylic acids is 1. The molecule has 0 aliphatic carbocycles. The van der Waals surface area contributed by atoms with Crippen LogP contribution in [0, 0.1) is 0 Å². The summed E-state index contributed by atoms with van der Waals surface area (Å²) in [5.41, 5.74) is -0.616. The molecular weight excluding hydrogens is 308 g/mol. The molecule has 136 valence electrons. The van der Waals surface area contributed by atoms with E-state index in [4.69, 9.17) is 9.15 Å². The van der Waals surface area contributed by atoms with E-state index in [0.717, 1.165) is 13.1 Å². The molecule has 0 radical (unpaired) electrons. The average Bonchev–Trinajstić information content (AvgIpc) is 2.85. The summed E-state index contributed by atoms with van der Waals surface area (Å²) >= 11 is 0. The fourth-order valence-electron chi connectivity index (χ4n) is 2.58. The van der Waals surface area contributed by atoms with Gasteiger partial charge in [0.1, 0.15) is 5.60 Å². The summed E-state index contributed by atoms with van der Waals surface area (Å²) in [4.78, 5) is 16.3.